The van der Waals surface area contributed by atoms with Crippen LogP contribution in [0.2, 0.25) is 0 Å². The van der Waals surface area contributed by atoms with Gasteiger partial charge in [-0.1, -0.05) is 33.8 Å². The average molecular weight is 274 g/mol. The molecule has 0 unspecified atom stereocenters. The third-order valence-electron chi connectivity index (χ3n) is 3.52. The van der Waals surface area contributed by atoms with Crippen molar-refractivity contribution in [1.82, 2.24) is 0 Å². The van der Waals surface area contributed by atoms with Gasteiger partial charge in [0.1, 0.15) is 0 Å². The Bertz CT molecular complexity index is 532. The highest BCUT2D eigenvalue weighted by molar-refractivity contribution is 5.97. The summed E-state index contributed by atoms with van der Waals surface area (Å²) in [4.78, 5) is 23.8. The summed E-state index contributed by atoms with van der Waals surface area (Å²) in [5, 5.41) is 5.76. The van der Waals surface area contributed by atoms with E-state index in [9.17, 15) is 9.59 Å². The maximum Gasteiger partial charge on any atom is 0.229 e. The summed E-state index contributed by atoms with van der Waals surface area (Å²) in [6.45, 7) is 7.66. The quantitative estimate of drug-likeness (QED) is 0.888. The van der Waals surface area contributed by atoms with Crippen molar-refractivity contribution in [2.24, 2.45) is 17.3 Å². The van der Waals surface area contributed by atoms with E-state index in [1.165, 1.54) is 0 Å². The number of hydrogen-bond donors (Lipinski definition) is 2. The molecule has 0 heterocycles. The van der Waals surface area contributed by atoms with Crippen molar-refractivity contribution in [2.75, 3.05) is 10.6 Å². The number of carbonyl (C=O) groups excluding carboxylic acids is 2. The molecule has 0 radical (unpaired) electrons. The van der Waals surface area contributed by atoms with E-state index in [1.807, 2.05) is 39.0 Å². The molecule has 1 fully saturated rings. The second-order valence-corrected chi connectivity index (χ2v) is 6.59. The van der Waals surface area contributed by atoms with Crippen molar-refractivity contribution >= 4 is 23.2 Å². The highest BCUT2D eigenvalue weighted by atomic mass is 16.2. The van der Waals surface area contributed by atoms with Gasteiger partial charge in [-0.3, -0.25) is 9.59 Å². The predicted molar refractivity (Wildman–Crippen MR) is 80.4 cm³/mol. The molecule has 1 aliphatic carbocycles. The second-order valence-electron chi connectivity index (χ2n) is 6.59. The smallest absolute Gasteiger partial charge is 0.229 e. The highest BCUT2D eigenvalue weighted by Crippen LogP contribution is 2.38. The number of rotatable bonds is 3. The van der Waals surface area contributed by atoms with Gasteiger partial charge in [0.2, 0.25) is 11.8 Å². The van der Waals surface area contributed by atoms with Gasteiger partial charge in [-0.25, -0.2) is 0 Å². The summed E-state index contributed by atoms with van der Waals surface area (Å²) in [5.74, 6) is 0.648. The van der Waals surface area contributed by atoms with Crippen molar-refractivity contribution < 1.29 is 9.59 Å². The zero-order valence-corrected chi connectivity index (χ0v) is 12.5. The maximum absolute atomic E-state index is 11.9. The summed E-state index contributed by atoms with van der Waals surface area (Å²) >= 11 is 0. The van der Waals surface area contributed by atoms with Gasteiger partial charge < -0.3 is 10.6 Å². The average Bonchev–Trinajstić information content (AvgIpc) is 3.05. The number of benzene rings is 1. The van der Waals surface area contributed by atoms with E-state index in [4.69, 9.17) is 0 Å². The Morgan fingerprint density at radius 3 is 2.20 bits per heavy atom. The Labute approximate surface area is 119 Å². The predicted octanol–water partition coefficient (Wildman–Crippen LogP) is 3.27. The molecule has 0 aliphatic heterocycles. The Kier molecular flexibility index (Phi) is 3.84. The lowest BCUT2D eigenvalue weighted by Crippen LogP contribution is -2.27. The minimum absolute atomic E-state index is 0.0446. The molecular formula is C16H22N2O2. The molecule has 2 N–H and O–H groups in total. The van der Waals surface area contributed by atoms with Crippen LogP contribution in [0.1, 0.15) is 34.1 Å². The molecule has 1 aliphatic rings. The van der Waals surface area contributed by atoms with Gasteiger partial charge in [-0.05, 0) is 30.5 Å². The monoisotopic (exact) mass is 274 g/mol. The van der Waals surface area contributed by atoms with Crippen LogP contribution >= 0.6 is 0 Å². The first-order valence-electron chi connectivity index (χ1n) is 7.00. The van der Waals surface area contributed by atoms with E-state index >= 15 is 0 Å². The molecular weight excluding hydrogens is 252 g/mol. The minimum atomic E-state index is -0.442. The Morgan fingerprint density at radius 2 is 1.70 bits per heavy atom. The van der Waals surface area contributed by atoms with Gasteiger partial charge in [0.05, 0.1) is 0 Å². The molecule has 0 aromatic heterocycles. The van der Waals surface area contributed by atoms with Crippen LogP contribution in [0.4, 0.5) is 11.4 Å². The molecule has 108 valence electrons. The maximum atomic E-state index is 11.9. The van der Waals surface area contributed by atoms with Crippen molar-refractivity contribution in [1.29, 1.82) is 0 Å². The number of hydrogen-bond acceptors (Lipinski definition) is 2. The minimum Gasteiger partial charge on any atom is -0.326 e. The summed E-state index contributed by atoms with van der Waals surface area (Å²) in [5.41, 5.74) is 0.982. The number of amides is 2. The first kappa shape index (κ1) is 14.6. The van der Waals surface area contributed by atoms with Crippen LogP contribution in [0.15, 0.2) is 24.3 Å². The van der Waals surface area contributed by atoms with Gasteiger partial charge in [-0.15, -0.1) is 0 Å². The molecule has 4 nitrogen and oxygen atoms in total. The molecule has 1 aromatic rings. The molecule has 0 saturated heterocycles. The third kappa shape index (κ3) is 3.59. The van der Waals surface area contributed by atoms with Crippen LogP contribution in [-0.2, 0) is 9.59 Å². The fourth-order valence-electron chi connectivity index (χ4n) is 1.92. The van der Waals surface area contributed by atoms with Gasteiger partial charge in [0.25, 0.3) is 0 Å². The molecule has 1 aromatic carbocycles. The van der Waals surface area contributed by atoms with Crippen LogP contribution in [0.5, 0.6) is 0 Å². The molecule has 0 bridgehead atoms. The Balaban J connectivity index is 2.01. The summed E-state index contributed by atoms with van der Waals surface area (Å²) in [7, 11) is 0. The van der Waals surface area contributed by atoms with E-state index in [0.717, 1.165) is 12.1 Å². The molecule has 2 atom stereocenters. The molecule has 20 heavy (non-hydrogen) atoms. The van der Waals surface area contributed by atoms with E-state index < -0.39 is 5.41 Å². The van der Waals surface area contributed by atoms with Crippen molar-refractivity contribution in [3.05, 3.63) is 24.3 Å². The van der Waals surface area contributed by atoms with Crippen LogP contribution < -0.4 is 10.6 Å². The van der Waals surface area contributed by atoms with Gasteiger partial charge in [0, 0.05) is 22.7 Å². The van der Waals surface area contributed by atoms with Crippen molar-refractivity contribution in [2.45, 2.75) is 34.1 Å². The third-order valence-corrected chi connectivity index (χ3v) is 3.52. The SMILES string of the molecule is C[C@H]1C[C@@H]1C(=O)Nc1cccc(NC(=O)C(C)(C)C)c1. The van der Waals surface area contributed by atoms with E-state index in [2.05, 4.69) is 17.6 Å². The standard InChI is InChI=1S/C16H22N2O2/c1-10-8-13(10)14(19)17-11-6-5-7-12(9-11)18-15(20)16(2,3)4/h5-7,9-10,13H,8H2,1-4H3,(H,17,19)(H,18,20)/t10-,13-/m0/s1. The molecule has 1 saturated carbocycles. The number of nitrogens with one attached hydrogen (secondary N) is 2. The van der Waals surface area contributed by atoms with Crippen LogP contribution in [0, 0.1) is 17.3 Å². The molecule has 0 spiro atoms. The topological polar surface area (TPSA) is 58.2 Å². The zero-order chi connectivity index (χ0) is 14.9. The first-order chi connectivity index (χ1) is 9.27. The zero-order valence-electron chi connectivity index (χ0n) is 12.5. The fraction of sp³-hybridized carbons (Fsp3) is 0.500. The van der Waals surface area contributed by atoms with Crippen LogP contribution in [0.3, 0.4) is 0 Å². The van der Waals surface area contributed by atoms with Crippen LogP contribution in [-0.4, -0.2) is 11.8 Å². The lowest BCUT2D eigenvalue weighted by Gasteiger charge is -2.18. The lowest BCUT2D eigenvalue weighted by atomic mass is 9.95. The van der Waals surface area contributed by atoms with E-state index in [-0.39, 0.29) is 17.7 Å². The first-order valence-corrected chi connectivity index (χ1v) is 7.00. The lowest BCUT2D eigenvalue weighted by molar-refractivity contribution is -0.123. The molecule has 4 heteroatoms. The summed E-state index contributed by atoms with van der Waals surface area (Å²) < 4.78 is 0. The van der Waals surface area contributed by atoms with E-state index in [1.54, 1.807) is 6.07 Å². The number of carbonyl (C=O) groups is 2. The number of anilines is 2. The largest absolute Gasteiger partial charge is 0.326 e. The second kappa shape index (κ2) is 5.27. The van der Waals surface area contributed by atoms with Crippen molar-refractivity contribution in [3.8, 4) is 0 Å². The summed E-state index contributed by atoms with van der Waals surface area (Å²) in [6, 6.07) is 7.26. The van der Waals surface area contributed by atoms with Crippen molar-refractivity contribution in [3.63, 3.8) is 0 Å². The van der Waals surface area contributed by atoms with E-state index in [0.29, 0.717) is 11.6 Å². The van der Waals surface area contributed by atoms with Gasteiger partial charge >= 0.3 is 0 Å². The summed E-state index contributed by atoms with van der Waals surface area (Å²) in [6.07, 6.45) is 0.965. The van der Waals surface area contributed by atoms with Gasteiger partial charge in [-0.2, -0.15) is 0 Å². The van der Waals surface area contributed by atoms with Crippen LogP contribution in [0.25, 0.3) is 0 Å². The molecule has 2 rings (SSSR count). The Morgan fingerprint density at radius 1 is 1.15 bits per heavy atom. The molecule has 2 amide bonds. The fourth-order valence-corrected chi connectivity index (χ4v) is 1.92. The normalized spacial score (nSPS) is 21.2. The Hall–Kier alpha value is -1.84. The van der Waals surface area contributed by atoms with Gasteiger partial charge in [0.15, 0.2) is 0 Å². The highest BCUT2D eigenvalue weighted by Gasteiger charge is 2.39.